The number of methoxy groups -OCH3 is 1. The minimum absolute atomic E-state index is 0.596. The first kappa shape index (κ1) is 13.7. The third-order valence-corrected chi connectivity index (χ3v) is 2.84. The zero-order valence-corrected chi connectivity index (χ0v) is 11.3. The van der Waals surface area contributed by atoms with Crippen LogP contribution in [-0.4, -0.2) is 39.3 Å². The maximum absolute atomic E-state index is 5.61. The van der Waals surface area contributed by atoms with Crippen LogP contribution < -0.4 is 15.4 Å². The second kappa shape index (κ2) is 7.63. The molecule has 0 fully saturated rings. The summed E-state index contributed by atoms with van der Waals surface area (Å²) in [7, 11) is 1.67. The molecule has 5 heteroatoms. The molecule has 0 amide bonds. The Kier molecular flexibility index (Phi) is 5.49. The molecule has 1 aliphatic heterocycles. The van der Waals surface area contributed by atoms with Gasteiger partial charge in [-0.15, -0.1) is 0 Å². The van der Waals surface area contributed by atoms with Crippen LogP contribution in [0.25, 0.3) is 0 Å². The molecule has 0 radical (unpaired) electrons. The molecule has 104 valence electrons. The molecule has 0 unspecified atom stereocenters. The van der Waals surface area contributed by atoms with Crippen LogP contribution in [0.1, 0.15) is 12.0 Å². The first-order chi connectivity index (χ1) is 9.38. The smallest absolute Gasteiger partial charge is 0.191 e. The first-order valence-electron chi connectivity index (χ1n) is 6.61. The predicted octanol–water partition coefficient (Wildman–Crippen LogP) is 1.15. The molecule has 0 aliphatic carbocycles. The van der Waals surface area contributed by atoms with Crippen LogP contribution in [0.5, 0.6) is 5.75 Å². The van der Waals surface area contributed by atoms with Crippen molar-refractivity contribution < 1.29 is 9.47 Å². The van der Waals surface area contributed by atoms with Crippen molar-refractivity contribution in [3.63, 3.8) is 0 Å². The molecule has 2 rings (SSSR count). The molecule has 5 nitrogen and oxygen atoms in total. The van der Waals surface area contributed by atoms with E-state index in [4.69, 9.17) is 9.47 Å². The molecule has 2 N–H and O–H groups in total. The summed E-state index contributed by atoms with van der Waals surface area (Å²) in [6.07, 6.45) is 1.11. The first-order valence-corrected chi connectivity index (χ1v) is 6.61. The van der Waals surface area contributed by atoms with Gasteiger partial charge in [0.1, 0.15) is 5.75 Å². The van der Waals surface area contributed by atoms with Crippen LogP contribution in [0.3, 0.4) is 0 Å². The minimum atomic E-state index is 0.596. The number of benzene rings is 1. The van der Waals surface area contributed by atoms with E-state index in [1.807, 2.05) is 24.3 Å². The Hall–Kier alpha value is -1.75. The summed E-state index contributed by atoms with van der Waals surface area (Å²) in [5.41, 5.74) is 1.12. The largest absolute Gasteiger partial charge is 0.497 e. The molecule has 1 aromatic carbocycles. The maximum atomic E-state index is 5.61. The zero-order chi connectivity index (χ0) is 13.3. The monoisotopic (exact) mass is 263 g/mol. The molecule has 19 heavy (non-hydrogen) atoms. The Morgan fingerprint density at radius 3 is 3.16 bits per heavy atom. The van der Waals surface area contributed by atoms with E-state index in [1.165, 1.54) is 0 Å². The summed E-state index contributed by atoms with van der Waals surface area (Å²) in [4.78, 5) is 4.33. The zero-order valence-electron chi connectivity index (χ0n) is 11.3. The Labute approximate surface area is 114 Å². The number of nitrogens with one attached hydrogen (secondary N) is 2. The van der Waals surface area contributed by atoms with Gasteiger partial charge in [0.25, 0.3) is 0 Å². The van der Waals surface area contributed by atoms with Gasteiger partial charge in [-0.25, -0.2) is 0 Å². The van der Waals surface area contributed by atoms with Crippen molar-refractivity contribution >= 4 is 5.96 Å². The molecule has 0 atom stereocenters. The molecule has 0 saturated carbocycles. The predicted molar refractivity (Wildman–Crippen MR) is 75.6 cm³/mol. The van der Waals surface area contributed by atoms with Gasteiger partial charge in [0.2, 0.25) is 0 Å². The van der Waals surface area contributed by atoms with Crippen molar-refractivity contribution in [3.8, 4) is 5.75 Å². The van der Waals surface area contributed by atoms with Crippen LogP contribution in [0, 0.1) is 0 Å². The average molecular weight is 263 g/mol. The molecule has 0 bridgehead atoms. The summed E-state index contributed by atoms with van der Waals surface area (Å²) < 4.78 is 10.8. The van der Waals surface area contributed by atoms with Crippen LogP contribution in [-0.2, 0) is 11.3 Å². The van der Waals surface area contributed by atoms with Gasteiger partial charge < -0.3 is 20.1 Å². The van der Waals surface area contributed by atoms with E-state index < -0.39 is 0 Å². The number of ether oxygens (including phenoxy) is 2. The fraction of sp³-hybridized carbons (Fsp3) is 0.500. The Bertz CT molecular complexity index is 421. The Morgan fingerprint density at radius 1 is 1.42 bits per heavy atom. The molecular formula is C14H21N3O2. The van der Waals surface area contributed by atoms with Crippen LogP contribution >= 0.6 is 0 Å². The van der Waals surface area contributed by atoms with Gasteiger partial charge in [0.15, 0.2) is 5.96 Å². The minimum Gasteiger partial charge on any atom is -0.497 e. The van der Waals surface area contributed by atoms with E-state index in [-0.39, 0.29) is 0 Å². The normalized spacial score (nSPS) is 14.5. The van der Waals surface area contributed by atoms with Crippen molar-refractivity contribution in [2.45, 2.75) is 13.0 Å². The lowest BCUT2D eigenvalue weighted by Gasteiger charge is -2.15. The van der Waals surface area contributed by atoms with Crippen molar-refractivity contribution in [1.29, 1.82) is 0 Å². The SMILES string of the molecule is COc1cccc(COCCNC2=NCCCN2)c1. The lowest BCUT2D eigenvalue weighted by Crippen LogP contribution is -2.41. The number of hydrogen-bond acceptors (Lipinski definition) is 5. The van der Waals surface area contributed by atoms with Crippen LogP contribution in [0.4, 0.5) is 0 Å². The molecule has 1 heterocycles. The second-order valence-corrected chi connectivity index (χ2v) is 4.34. The molecule has 0 aromatic heterocycles. The maximum Gasteiger partial charge on any atom is 0.191 e. The fourth-order valence-corrected chi connectivity index (χ4v) is 1.84. The second-order valence-electron chi connectivity index (χ2n) is 4.34. The summed E-state index contributed by atoms with van der Waals surface area (Å²) in [6, 6.07) is 7.91. The van der Waals surface area contributed by atoms with E-state index in [0.29, 0.717) is 13.2 Å². The van der Waals surface area contributed by atoms with Gasteiger partial charge in [-0.2, -0.15) is 0 Å². The van der Waals surface area contributed by atoms with Crippen molar-refractivity contribution in [3.05, 3.63) is 29.8 Å². The number of aliphatic imine (C=N–C) groups is 1. The highest BCUT2D eigenvalue weighted by molar-refractivity contribution is 5.80. The molecule has 0 spiro atoms. The summed E-state index contributed by atoms with van der Waals surface area (Å²) in [6.45, 7) is 3.91. The third-order valence-electron chi connectivity index (χ3n) is 2.84. The van der Waals surface area contributed by atoms with Gasteiger partial charge in [0, 0.05) is 19.6 Å². The third kappa shape index (κ3) is 4.79. The molecule has 0 saturated heterocycles. The molecular weight excluding hydrogens is 242 g/mol. The van der Waals surface area contributed by atoms with E-state index in [1.54, 1.807) is 7.11 Å². The number of nitrogens with zero attached hydrogens (tertiary/aromatic N) is 1. The van der Waals surface area contributed by atoms with Crippen molar-refractivity contribution in [1.82, 2.24) is 10.6 Å². The van der Waals surface area contributed by atoms with E-state index in [2.05, 4.69) is 15.6 Å². The standard InChI is InChI=1S/C14H21N3O2/c1-18-13-5-2-4-12(10-13)11-19-9-8-17-14-15-6-3-7-16-14/h2,4-5,10H,3,6-9,11H2,1H3,(H2,15,16,17). The van der Waals surface area contributed by atoms with Gasteiger partial charge in [-0.05, 0) is 24.1 Å². The van der Waals surface area contributed by atoms with E-state index >= 15 is 0 Å². The summed E-state index contributed by atoms with van der Waals surface area (Å²) >= 11 is 0. The van der Waals surface area contributed by atoms with Crippen LogP contribution in [0.2, 0.25) is 0 Å². The lowest BCUT2D eigenvalue weighted by molar-refractivity contribution is 0.125. The van der Waals surface area contributed by atoms with E-state index in [0.717, 1.165) is 43.3 Å². The van der Waals surface area contributed by atoms with E-state index in [9.17, 15) is 0 Å². The highest BCUT2D eigenvalue weighted by atomic mass is 16.5. The number of guanidine groups is 1. The van der Waals surface area contributed by atoms with Crippen LogP contribution in [0.15, 0.2) is 29.3 Å². The average Bonchev–Trinajstić information content (AvgIpc) is 2.48. The van der Waals surface area contributed by atoms with Crippen molar-refractivity contribution in [2.24, 2.45) is 4.99 Å². The highest BCUT2D eigenvalue weighted by Crippen LogP contribution is 2.12. The van der Waals surface area contributed by atoms with Gasteiger partial charge in [0.05, 0.1) is 20.3 Å². The summed E-state index contributed by atoms with van der Waals surface area (Å²) in [5.74, 6) is 1.75. The number of rotatable bonds is 6. The topological polar surface area (TPSA) is 54.9 Å². The van der Waals surface area contributed by atoms with Gasteiger partial charge >= 0.3 is 0 Å². The lowest BCUT2D eigenvalue weighted by atomic mass is 10.2. The highest BCUT2D eigenvalue weighted by Gasteiger charge is 2.02. The molecule has 1 aliphatic rings. The van der Waals surface area contributed by atoms with Gasteiger partial charge in [-0.1, -0.05) is 12.1 Å². The van der Waals surface area contributed by atoms with Gasteiger partial charge in [-0.3, -0.25) is 4.99 Å². The Balaban J connectivity index is 1.62. The quantitative estimate of drug-likeness (QED) is 0.756. The van der Waals surface area contributed by atoms with Crippen molar-refractivity contribution in [2.75, 3.05) is 33.4 Å². The number of hydrogen-bond donors (Lipinski definition) is 2. The Morgan fingerprint density at radius 2 is 2.37 bits per heavy atom. The fourth-order valence-electron chi connectivity index (χ4n) is 1.84. The summed E-state index contributed by atoms with van der Waals surface area (Å²) in [5, 5.41) is 6.43. The molecule has 1 aromatic rings.